The third-order valence-electron chi connectivity index (χ3n) is 3.03. The Labute approximate surface area is 116 Å². The summed E-state index contributed by atoms with van der Waals surface area (Å²) in [6.45, 7) is 11.2. The average molecular weight is 269 g/mol. The topological polar surface area (TPSA) is 16.1 Å². The maximum Gasteiger partial charge on any atom is 0.131 e. The summed E-state index contributed by atoms with van der Waals surface area (Å²) < 4.78 is 0. The Morgan fingerprint density at radius 1 is 1.11 bits per heavy atom. The van der Waals surface area contributed by atoms with Crippen molar-refractivity contribution in [3.8, 4) is 0 Å². The van der Waals surface area contributed by atoms with Gasteiger partial charge in [-0.1, -0.05) is 39.3 Å². The Morgan fingerprint density at radius 2 is 1.67 bits per heavy atom. The molecule has 3 heteroatoms. The van der Waals surface area contributed by atoms with Crippen LogP contribution >= 0.6 is 11.6 Å². The van der Waals surface area contributed by atoms with Gasteiger partial charge in [-0.05, 0) is 36.8 Å². The van der Waals surface area contributed by atoms with Gasteiger partial charge in [0.2, 0.25) is 0 Å². The molecule has 0 N–H and O–H groups in total. The molecule has 0 aliphatic carbocycles. The van der Waals surface area contributed by atoms with Crippen LogP contribution in [0.5, 0.6) is 0 Å². The molecule has 0 fully saturated rings. The minimum atomic E-state index is 0.576. The van der Waals surface area contributed by atoms with E-state index in [1.165, 1.54) is 18.5 Å². The summed E-state index contributed by atoms with van der Waals surface area (Å²) >= 11 is 5.98. The van der Waals surface area contributed by atoms with Crippen molar-refractivity contribution in [1.82, 2.24) is 4.98 Å². The van der Waals surface area contributed by atoms with Crippen LogP contribution < -0.4 is 4.90 Å². The second-order valence-corrected chi connectivity index (χ2v) is 6.08. The molecule has 0 saturated carbocycles. The van der Waals surface area contributed by atoms with Gasteiger partial charge in [0.1, 0.15) is 5.15 Å². The van der Waals surface area contributed by atoms with Gasteiger partial charge in [-0.3, -0.25) is 0 Å². The monoisotopic (exact) mass is 268 g/mol. The zero-order chi connectivity index (χ0) is 13.5. The van der Waals surface area contributed by atoms with Gasteiger partial charge in [0.15, 0.2) is 0 Å². The number of pyridine rings is 1. The van der Waals surface area contributed by atoms with Gasteiger partial charge < -0.3 is 4.90 Å². The first-order valence-electron chi connectivity index (χ1n) is 6.85. The van der Waals surface area contributed by atoms with Gasteiger partial charge in [-0.25, -0.2) is 4.98 Å². The van der Waals surface area contributed by atoms with Crippen LogP contribution in [0.15, 0.2) is 18.3 Å². The van der Waals surface area contributed by atoms with Gasteiger partial charge in [-0.15, -0.1) is 0 Å². The van der Waals surface area contributed by atoms with Crippen molar-refractivity contribution in [2.24, 2.45) is 11.8 Å². The van der Waals surface area contributed by atoms with E-state index in [-0.39, 0.29) is 0 Å². The van der Waals surface area contributed by atoms with E-state index in [9.17, 15) is 0 Å². The van der Waals surface area contributed by atoms with Gasteiger partial charge in [0.05, 0.1) is 0 Å². The minimum Gasteiger partial charge on any atom is -0.371 e. The molecule has 1 rings (SSSR count). The van der Waals surface area contributed by atoms with E-state index in [1.807, 2.05) is 12.1 Å². The van der Waals surface area contributed by atoms with Gasteiger partial charge in [0.25, 0.3) is 0 Å². The van der Waals surface area contributed by atoms with Crippen molar-refractivity contribution in [2.75, 3.05) is 18.0 Å². The van der Waals surface area contributed by atoms with E-state index in [2.05, 4.69) is 37.6 Å². The predicted molar refractivity (Wildman–Crippen MR) is 80.4 cm³/mol. The fourth-order valence-corrected chi connectivity index (χ4v) is 1.96. The fourth-order valence-electron chi connectivity index (χ4n) is 1.79. The average Bonchev–Trinajstić information content (AvgIpc) is 2.28. The predicted octanol–water partition coefficient (Wildman–Crippen LogP) is 4.63. The number of halogens is 1. The molecule has 1 aromatic rings. The molecule has 102 valence electrons. The zero-order valence-corrected chi connectivity index (χ0v) is 12.7. The van der Waals surface area contributed by atoms with E-state index in [4.69, 9.17) is 11.6 Å². The quantitative estimate of drug-likeness (QED) is 0.670. The molecule has 0 saturated heterocycles. The van der Waals surface area contributed by atoms with E-state index in [1.54, 1.807) is 6.20 Å². The number of rotatable bonds is 7. The molecule has 0 radical (unpaired) electrons. The maximum atomic E-state index is 5.98. The lowest BCUT2D eigenvalue weighted by molar-refractivity contribution is 0.535. The van der Waals surface area contributed by atoms with Crippen LogP contribution in [0.4, 0.5) is 5.69 Å². The Balaban J connectivity index is 2.69. The summed E-state index contributed by atoms with van der Waals surface area (Å²) in [6.07, 6.45) is 4.20. The van der Waals surface area contributed by atoms with E-state index in [0.717, 1.165) is 24.9 Å². The summed E-state index contributed by atoms with van der Waals surface area (Å²) in [7, 11) is 0. The first-order valence-corrected chi connectivity index (χ1v) is 7.23. The third kappa shape index (κ3) is 5.72. The van der Waals surface area contributed by atoms with Crippen molar-refractivity contribution >= 4 is 17.3 Å². The molecule has 1 heterocycles. The Hall–Kier alpha value is -0.760. The fraction of sp³-hybridized carbons (Fsp3) is 0.667. The molecule has 0 aliphatic heterocycles. The Kier molecular flexibility index (Phi) is 6.48. The molecular weight excluding hydrogens is 244 g/mol. The van der Waals surface area contributed by atoms with Crippen molar-refractivity contribution < 1.29 is 0 Å². The van der Waals surface area contributed by atoms with E-state index < -0.39 is 0 Å². The second-order valence-electron chi connectivity index (χ2n) is 5.69. The molecule has 0 aliphatic rings. The van der Waals surface area contributed by atoms with Crippen LogP contribution in [0.25, 0.3) is 0 Å². The highest BCUT2D eigenvalue weighted by atomic mass is 35.5. The molecular formula is C15H25ClN2. The molecule has 0 atom stereocenters. The molecule has 0 bridgehead atoms. The lowest BCUT2D eigenvalue weighted by Gasteiger charge is -2.26. The highest BCUT2D eigenvalue weighted by Gasteiger charge is 2.09. The molecule has 0 unspecified atom stereocenters. The van der Waals surface area contributed by atoms with Gasteiger partial charge >= 0.3 is 0 Å². The molecule has 1 aromatic heterocycles. The van der Waals surface area contributed by atoms with Crippen LogP contribution in [-0.4, -0.2) is 18.1 Å². The largest absolute Gasteiger partial charge is 0.371 e. The van der Waals surface area contributed by atoms with Crippen LogP contribution in [-0.2, 0) is 0 Å². The smallest absolute Gasteiger partial charge is 0.131 e. The van der Waals surface area contributed by atoms with Crippen molar-refractivity contribution in [3.05, 3.63) is 23.5 Å². The highest BCUT2D eigenvalue weighted by molar-refractivity contribution is 6.29. The van der Waals surface area contributed by atoms with Crippen molar-refractivity contribution in [2.45, 2.75) is 40.5 Å². The molecule has 2 nitrogen and oxygen atoms in total. The van der Waals surface area contributed by atoms with Crippen molar-refractivity contribution in [1.29, 1.82) is 0 Å². The lowest BCUT2D eigenvalue weighted by atomic mass is 10.1. The summed E-state index contributed by atoms with van der Waals surface area (Å²) in [5.41, 5.74) is 1.19. The Bertz CT molecular complexity index is 338. The minimum absolute atomic E-state index is 0.576. The normalized spacial score (nSPS) is 11.3. The maximum absolute atomic E-state index is 5.98. The standard InChI is InChI=1S/C15H25ClN2/c1-12(2)6-9-18(10-7-13(3)4)14-5-8-17-15(16)11-14/h5,8,11-13H,6-7,9-10H2,1-4H3. The second kappa shape index (κ2) is 7.63. The third-order valence-corrected chi connectivity index (χ3v) is 3.23. The molecule has 0 aromatic carbocycles. The van der Waals surface area contributed by atoms with E-state index >= 15 is 0 Å². The van der Waals surface area contributed by atoms with Crippen LogP contribution in [0.1, 0.15) is 40.5 Å². The van der Waals surface area contributed by atoms with Crippen LogP contribution in [0.2, 0.25) is 5.15 Å². The van der Waals surface area contributed by atoms with Gasteiger partial charge in [-0.2, -0.15) is 0 Å². The summed E-state index contributed by atoms with van der Waals surface area (Å²) in [5.74, 6) is 1.45. The number of nitrogens with zero attached hydrogens (tertiary/aromatic N) is 2. The summed E-state index contributed by atoms with van der Waals surface area (Å²) in [5, 5.41) is 0.576. The molecule has 0 spiro atoms. The van der Waals surface area contributed by atoms with Gasteiger partial charge in [0, 0.05) is 25.0 Å². The number of hydrogen-bond acceptors (Lipinski definition) is 2. The first kappa shape index (κ1) is 15.3. The summed E-state index contributed by atoms with van der Waals surface area (Å²) in [6, 6.07) is 4.01. The highest BCUT2D eigenvalue weighted by Crippen LogP contribution is 2.19. The molecule has 0 amide bonds. The SMILES string of the molecule is CC(C)CCN(CCC(C)C)c1ccnc(Cl)c1. The number of aromatic nitrogens is 1. The van der Waals surface area contributed by atoms with Crippen LogP contribution in [0, 0.1) is 11.8 Å². The zero-order valence-electron chi connectivity index (χ0n) is 12.0. The first-order chi connectivity index (χ1) is 8.49. The molecule has 18 heavy (non-hydrogen) atoms. The lowest BCUT2D eigenvalue weighted by Crippen LogP contribution is -2.27. The van der Waals surface area contributed by atoms with Crippen molar-refractivity contribution in [3.63, 3.8) is 0 Å². The Morgan fingerprint density at radius 3 is 2.11 bits per heavy atom. The number of hydrogen-bond donors (Lipinski definition) is 0. The summed E-state index contributed by atoms with van der Waals surface area (Å²) in [4.78, 5) is 6.48. The van der Waals surface area contributed by atoms with Crippen LogP contribution in [0.3, 0.4) is 0 Å². The number of anilines is 1. The van der Waals surface area contributed by atoms with E-state index in [0.29, 0.717) is 5.15 Å².